The minimum Gasteiger partial charge on any atom is -0.423 e. The summed E-state index contributed by atoms with van der Waals surface area (Å²) in [5.74, 6) is 1.24. The van der Waals surface area contributed by atoms with Crippen molar-refractivity contribution in [1.82, 2.24) is 20.4 Å². The summed E-state index contributed by atoms with van der Waals surface area (Å²) in [5.41, 5.74) is 0. The molecule has 6 heteroatoms. The fourth-order valence-electron chi connectivity index (χ4n) is 1.35. The third kappa shape index (κ3) is 3.72. The first-order valence-corrected chi connectivity index (χ1v) is 5.93. The minimum atomic E-state index is -0.112. The van der Waals surface area contributed by atoms with Crippen molar-refractivity contribution in [2.75, 3.05) is 13.1 Å². The van der Waals surface area contributed by atoms with E-state index in [1.165, 1.54) is 0 Å². The maximum atomic E-state index is 11.6. The molecule has 0 spiro atoms. The predicted molar refractivity (Wildman–Crippen MR) is 63.5 cm³/mol. The van der Waals surface area contributed by atoms with Gasteiger partial charge in [0.15, 0.2) is 0 Å². The molecule has 0 aliphatic carbocycles. The van der Waals surface area contributed by atoms with Gasteiger partial charge in [0.25, 0.3) is 0 Å². The molecule has 1 N–H and O–H groups in total. The van der Waals surface area contributed by atoms with Gasteiger partial charge in [0.2, 0.25) is 11.8 Å². The lowest BCUT2D eigenvalue weighted by molar-refractivity contribution is 0.201. The van der Waals surface area contributed by atoms with E-state index in [9.17, 15) is 4.79 Å². The van der Waals surface area contributed by atoms with E-state index in [2.05, 4.69) is 15.5 Å². The van der Waals surface area contributed by atoms with Gasteiger partial charge in [-0.25, -0.2) is 4.79 Å². The van der Waals surface area contributed by atoms with Gasteiger partial charge in [-0.2, -0.15) is 0 Å². The third-order valence-electron chi connectivity index (χ3n) is 2.42. The largest absolute Gasteiger partial charge is 0.423 e. The Morgan fingerprint density at radius 3 is 2.47 bits per heavy atom. The summed E-state index contributed by atoms with van der Waals surface area (Å²) in [6.07, 6.45) is 0. The van der Waals surface area contributed by atoms with Gasteiger partial charge in [-0.1, -0.05) is 13.8 Å². The van der Waals surface area contributed by atoms with Crippen molar-refractivity contribution in [3.63, 3.8) is 0 Å². The number of aromatic nitrogens is 2. The van der Waals surface area contributed by atoms with E-state index in [0.29, 0.717) is 24.9 Å². The molecule has 0 radical (unpaired) electrons. The molecule has 0 fully saturated rings. The number of carbonyl (C=O) groups excluding carboxylic acids is 1. The summed E-state index contributed by atoms with van der Waals surface area (Å²) < 4.78 is 5.39. The first kappa shape index (κ1) is 13.5. The highest BCUT2D eigenvalue weighted by molar-refractivity contribution is 5.73. The molecule has 0 unspecified atom stereocenters. The molecule has 0 aliphatic rings. The van der Waals surface area contributed by atoms with Crippen molar-refractivity contribution in [3.05, 3.63) is 11.8 Å². The molecule has 0 aliphatic heterocycles. The molecule has 1 aromatic rings. The lowest BCUT2D eigenvalue weighted by Gasteiger charge is -2.18. The summed E-state index contributed by atoms with van der Waals surface area (Å²) in [7, 11) is 0. The smallest absolute Gasteiger partial charge is 0.317 e. The van der Waals surface area contributed by atoms with Crippen LogP contribution < -0.4 is 5.32 Å². The van der Waals surface area contributed by atoms with Crippen molar-refractivity contribution in [1.29, 1.82) is 0 Å². The van der Waals surface area contributed by atoms with Crippen LogP contribution in [0.15, 0.2) is 4.42 Å². The van der Waals surface area contributed by atoms with Gasteiger partial charge in [0, 0.05) is 19.0 Å². The number of nitrogens with zero attached hydrogens (tertiary/aromatic N) is 3. The standard InChI is InChI=1S/C11H20N4O2/c1-5-15(6-2)11(16)12-7-9-13-14-10(17-9)8(3)4/h8H,5-7H2,1-4H3,(H,12,16). The Morgan fingerprint density at radius 2 is 2.00 bits per heavy atom. The van der Waals surface area contributed by atoms with Crippen LogP contribution in [0.5, 0.6) is 0 Å². The number of amides is 2. The van der Waals surface area contributed by atoms with E-state index in [0.717, 1.165) is 0 Å². The number of urea groups is 1. The molecule has 0 aromatic carbocycles. The van der Waals surface area contributed by atoms with Crippen LogP contribution >= 0.6 is 0 Å². The van der Waals surface area contributed by atoms with Gasteiger partial charge in [-0.15, -0.1) is 10.2 Å². The van der Waals surface area contributed by atoms with E-state index in [1.807, 2.05) is 27.7 Å². The number of nitrogens with one attached hydrogen (secondary N) is 1. The van der Waals surface area contributed by atoms with Crippen LogP contribution in [0.3, 0.4) is 0 Å². The maximum Gasteiger partial charge on any atom is 0.317 e. The molecule has 1 aromatic heterocycles. The van der Waals surface area contributed by atoms with E-state index in [1.54, 1.807) is 4.90 Å². The first-order chi connectivity index (χ1) is 8.08. The topological polar surface area (TPSA) is 71.3 Å². The van der Waals surface area contributed by atoms with E-state index < -0.39 is 0 Å². The van der Waals surface area contributed by atoms with Crippen molar-refractivity contribution < 1.29 is 9.21 Å². The Bertz CT molecular complexity index is 358. The van der Waals surface area contributed by atoms with E-state index >= 15 is 0 Å². The van der Waals surface area contributed by atoms with Crippen LogP contribution in [0.1, 0.15) is 45.4 Å². The van der Waals surface area contributed by atoms with Gasteiger partial charge in [-0.3, -0.25) is 0 Å². The van der Waals surface area contributed by atoms with Gasteiger partial charge >= 0.3 is 6.03 Å². The summed E-state index contributed by atoms with van der Waals surface area (Å²) in [5, 5.41) is 10.5. The SMILES string of the molecule is CCN(CC)C(=O)NCc1nnc(C(C)C)o1. The summed E-state index contributed by atoms with van der Waals surface area (Å²) in [6.45, 7) is 9.47. The zero-order valence-corrected chi connectivity index (χ0v) is 10.9. The Kier molecular flexibility index (Phi) is 4.93. The second-order valence-corrected chi connectivity index (χ2v) is 4.02. The van der Waals surface area contributed by atoms with Gasteiger partial charge < -0.3 is 14.6 Å². The quantitative estimate of drug-likeness (QED) is 0.851. The average Bonchev–Trinajstić information content (AvgIpc) is 2.76. The van der Waals surface area contributed by atoms with Crippen LogP contribution in [-0.4, -0.2) is 34.2 Å². The fourth-order valence-corrected chi connectivity index (χ4v) is 1.35. The van der Waals surface area contributed by atoms with Gasteiger partial charge in [0.05, 0.1) is 6.54 Å². The van der Waals surface area contributed by atoms with Crippen LogP contribution in [0, 0.1) is 0 Å². The Balaban J connectivity index is 2.47. The summed E-state index contributed by atoms with van der Waals surface area (Å²) >= 11 is 0. The molecule has 0 bridgehead atoms. The molecular formula is C11H20N4O2. The van der Waals surface area contributed by atoms with Crippen LogP contribution in [0.2, 0.25) is 0 Å². The minimum absolute atomic E-state index is 0.112. The Labute approximate surface area is 101 Å². The molecule has 0 saturated heterocycles. The molecule has 0 saturated carbocycles. The third-order valence-corrected chi connectivity index (χ3v) is 2.42. The van der Waals surface area contributed by atoms with E-state index in [4.69, 9.17) is 4.42 Å². The highest BCUT2D eigenvalue weighted by Gasteiger charge is 2.12. The molecule has 6 nitrogen and oxygen atoms in total. The lowest BCUT2D eigenvalue weighted by atomic mass is 10.2. The molecule has 2 amide bonds. The van der Waals surface area contributed by atoms with Crippen molar-refractivity contribution >= 4 is 6.03 Å². The lowest BCUT2D eigenvalue weighted by Crippen LogP contribution is -2.39. The second kappa shape index (κ2) is 6.22. The normalized spacial score (nSPS) is 10.6. The fraction of sp³-hybridized carbons (Fsp3) is 0.727. The van der Waals surface area contributed by atoms with Crippen molar-refractivity contribution in [2.24, 2.45) is 0 Å². The zero-order chi connectivity index (χ0) is 12.8. The summed E-state index contributed by atoms with van der Waals surface area (Å²) in [4.78, 5) is 13.3. The Morgan fingerprint density at radius 1 is 1.35 bits per heavy atom. The van der Waals surface area contributed by atoms with E-state index in [-0.39, 0.29) is 18.5 Å². The monoisotopic (exact) mass is 240 g/mol. The molecule has 1 rings (SSSR count). The predicted octanol–water partition coefficient (Wildman–Crippen LogP) is 1.74. The zero-order valence-electron chi connectivity index (χ0n) is 10.9. The first-order valence-electron chi connectivity index (χ1n) is 5.93. The van der Waals surface area contributed by atoms with Gasteiger partial charge in [0.1, 0.15) is 0 Å². The molecule has 17 heavy (non-hydrogen) atoms. The van der Waals surface area contributed by atoms with Crippen LogP contribution in [0.25, 0.3) is 0 Å². The molecular weight excluding hydrogens is 220 g/mol. The maximum absolute atomic E-state index is 11.6. The van der Waals surface area contributed by atoms with Crippen molar-refractivity contribution in [2.45, 2.75) is 40.2 Å². The number of carbonyl (C=O) groups is 1. The van der Waals surface area contributed by atoms with Crippen LogP contribution in [-0.2, 0) is 6.54 Å². The number of hydrogen-bond acceptors (Lipinski definition) is 4. The molecule has 0 atom stereocenters. The highest BCUT2D eigenvalue weighted by Crippen LogP contribution is 2.11. The number of rotatable bonds is 5. The Hall–Kier alpha value is -1.59. The van der Waals surface area contributed by atoms with Crippen molar-refractivity contribution in [3.8, 4) is 0 Å². The second-order valence-electron chi connectivity index (χ2n) is 4.02. The van der Waals surface area contributed by atoms with Gasteiger partial charge in [-0.05, 0) is 13.8 Å². The highest BCUT2D eigenvalue weighted by atomic mass is 16.4. The average molecular weight is 240 g/mol. The molecule has 96 valence electrons. The van der Waals surface area contributed by atoms with Crippen LogP contribution in [0.4, 0.5) is 4.79 Å². The number of hydrogen-bond donors (Lipinski definition) is 1. The summed E-state index contributed by atoms with van der Waals surface area (Å²) in [6, 6.07) is -0.112. The molecule has 1 heterocycles.